The highest BCUT2D eigenvalue weighted by atomic mass is 35.5. The third-order valence-corrected chi connectivity index (χ3v) is 4.17. The summed E-state index contributed by atoms with van der Waals surface area (Å²) in [5.74, 6) is 0.911. The summed E-state index contributed by atoms with van der Waals surface area (Å²) < 4.78 is 0. The van der Waals surface area contributed by atoms with E-state index in [4.69, 9.17) is 11.6 Å². The minimum Gasteiger partial charge on any atom is -0.364 e. The highest BCUT2D eigenvalue weighted by molar-refractivity contribution is 6.31. The van der Waals surface area contributed by atoms with Crippen LogP contribution in [0.1, 0.15) is 16.7 Å². The predicted octanol–water partition coefficient (Wildman–Crippen LogP) is 4.23. The largest absolute Gasteiger partial charge is 0.364 e. The standard InChI is InChI=1S/C20H19ClN4O/c1-14-5-4-6-15(11-14)12-20(26)23-19-10-9-18(24-25-19)22-13-16-7-2-3-8-17(16)21/h2-11H,12-13H2,1H3,(H,22,24)(H,23,25,26). The van der Waals surface area contributed by atoms with Crippen LogP contribution in [0.4, 0.5) is 11.6 Å². The number of aromatic nitrogens is 2. The smallest absolute Gasteiger partial charge is 0.229 e. The first-order chi connectivity index (χ1) is 12.6. The number of nitrogens with zero attached hydrogens (tertiary/aromatic N) is 2. The molecule has 0 unspecified atom stereocenters. The van der Waals surface area contributed by atoms with E-state index in [1.165, 1.54) is 0 Å². The van der Waals surface area contributed by atoms with Gasteiger partial charge in [-0.1, -0.05) is 59.6 Å². The van der Waals surface area contributed by atoms with Gasteiger partial charge in [0.15, 0.2) is 5.82 Å². The van der Waals surface area contributed by atoms with Crippen molar-refractivity contribution >= 4 is 29.1 Å². The van der Waals surface area contributed by atoms with E-state index < -0.39 is 0 Å². The highest BCUT2D eigenvalue weighted by Gasteiger charge is 2.06. The lowest BCUT2D eigenvalue weighted by atomic mass is 10.1. The first kappa shape index (κ1) is 17.9. The molecule has 0 aliphatic heterocycles. The Morgan fingerprint density at radius 3 is 2.50 bits per heavy atom. The van der Waals surface area contributed by atoms with Crippen molar-refractivity contribution in [1.82, 2.24) is 10.2 Å². The van der Waals surface area contributed by atoms with E-state index in [2.05, 4.69) is 20.8 Å². The molecule has 0 atom stereocenters. The van der Waals surface area contributed by atoms with E-state index in [0.717, 1.165) is 16.7 Å². The summed E-state index contributed by atoms with van der Waals surface area (Å²) in [4.78, 5) is 12.1. The average molecular weight is 367 g/mol. The Kier molecular flexibility index (Phi) is 5.81. The predicted molar refractivity (Wildman–Crippen MR) is 104 cm³/mol. The number of aryl methyl sites for hydroxylation is 1. The van der Waals surface area contributed by atoms with Gasteiger partial charge in [0.05, 0.1) is 6.42 Å². The van der Waals surface area contributed by atoms with Gasteiger partial charge >= 0.3 is 0 Å². The van der Waals surface area contributed by atoms with Gasteiger partial charge in [0.2, 0.25) is 5.91 Å². The van der Waals surface area contributed by atoms with Crippen LogP contribution in [0, 0.1) is 6.92 Å². The zero-order valence-corrected chi connectivity index (χ0v) is 15.1. The number of carbonyl (C=O) groups is 1. The summed E-state index contributed by atoms with van der Waals surface area (Å²) in [6, 6.07) is 19.0. The van der Waals surface area contributed by atoms with Crippen molar-refractivity contribution in [2.24, 2.45) is 0 Å². The van der Waals surface area contributed by atoms with E-state index in [-0.39, 0.29) is 5.91 Å². The Hall–Kier alpha value is -2.92. The topological polar surface area (TPSA) is 66.9 Å². The molecule has 2 N–H and O–H groups in total. The minimum atomic E-state index is -0.123. The van der Waals surface area contributed by atoms with Gasteiger partial charge in [-0.15, -0.1) is 10.2 Å². The summed E-state index contributed by atoms with van der Waals surface area (Å²) >= 11 is 6.13. The number of nitrogens with one attached hydrogen (secondary N) is 2. The number of hydrogen-bond acceptors (Lipinski definition) is 4. The zero-order chi connectivity index (χ0) is 18.4. The fraction of sp³-hybridized carbons (Fsp3) is 0.150. The fourth-order valence-corrected chi connectivity index (χ4v) is 2.72. The molecule has 0 aliphatic rings. The third-order valence-electron chi connectivity index (χ3n) is 3.80. The van der Waals surface area contributed by atoms with Gasteiger partial charge in [0, 0.05) is 11.6 Å². The van der Waals surface area contributed by atoms with E-state index in [9.17, 15) is 4.79 Å². The van der Waals surface area contributed by atoms with Crippen molar-refractivity contribution in [2.45, 2.75) is 19.9 Å². The molecule has 0 bridgehead atoms. The van der Waals surface area contributed by atoms with Crippen LogP contribution < -0.4 is 10.6 Å². The lowest BCUT2D eigenvalue weighted by molar-refractivity contribution is -0.115. The van der Waals surface area contributed by atoms with Crippen molar-refractivity contribution in [3.63, 3.8) is 0 Å². The van der Waals surface area contributed by atoms with Gasteiger partial charge in [-0.2, -0.15) is 0 Å². The molecule has 1 amide bonds. The third kappa shape index (κ3) is 5.04. The molecule has 2 aromatic carbocycles. The van der Waals surface area contributed by atoms with E-state index in [1.54, 1.807) is 12.1 Å². The van der Waals surface area contributed by atoms with Gasteiger partial charge < -0.3 is 10.6 Å². The molecule has 3 aromatic rings. The molecule has 0 radical (unpaired) electrons. The highest BCUT2D eigenvalue weighted by Crippen LogP contribution is 2.16. The maximum Gasteiger partial charge on any atom is 0.229 e. The number of amides is 1. The summed E-state index contributed by atoms with van der Waals surface area (Å²) in [6.07, 6.45) is 0.301. The molecule has 0 spiro atoms. The van der Waals surface area contributed by atoms with Crippen LogP contribution in [0.2, 0.25) is 5.02 Å². The molecule has 0 fully saturated rings. The summed E-state index contributed by atoms with van der Waals surface area (Å²) in [6.45, 7) is 2.55. The van der Waals surface area contributed by atoms with Crippen molar-refractivity contribution in [3.05, 3.63) is 82.4 Å². The Labute approximate surface area is 157 Å². The van der Waals surface area contributed by atoms with Crippen molar-refractivity contribution in [2.75, 3.05) is 10.6 Å². The van der Waals surface area contributed by atoms with Gasteiger partial charge in [-0.3, -0.25) is 4.79 Å². The Morgan fingerprint density at radius 2 is 1.77 bits per heavy atom. The molecule has 0 saturated heterocycles. The molecule has 1 aromatic heterocycles. The lowest BCUT2D eigenvalue weighted by Gasteiger charge is -2.08. The van der Waals surface area contributed by atoms with E-state index in [0.29, 0.717) is 29.6 Å². The molecule has 6 heteroatoms. The second-order valence-corrected chi connectivity index (χ2v) is 6.37. The molecular weight excluding hydrogens is 348 g/mol. The SMILES string of the molecule is Cc1cccc(CC(=O)Nc2ccc(NCc3ccccc3Cl)nn2)c1. The van der Waals surface area contributed by atoms with Crippen LogP contribution in [-0.4, -0.2) is 16.1 Å². The van der Waals surface area contributed by atoms with E-state index >= 15 is 0 Å². The lowest BCUT2D eigenvalue weighted by Crippen LogP contribution is -2.16. The van der Waals surface area contributed by atoms with Crippen LogP contribution in [0.25, 0.3) is 0 Å². The Morgan fingerprint density at radius 1 is 1.00 bits per heavy atom. The molecule has 0 aliphatic carbocycles. The number of rotatable bonds is 6. The normalized spacial score (nSPS) is 10.4. The van der Waals surface area contributed by atoms with Crippen LogP contribution >= 0.6 is 11.6 Å². The molecule has 1 heterocycles. The Bertz CT molecular complexity index is 896. The molecule has 3 rings (SSSR count). The molecule has 26 heavy (non-hydrogen) atoms. The summed E-state index contributed by atoms with van der Waals surface area (Å²) in [7, 11) is 0. The number of hydrogen-bond donors (Lipinski definition) is 2. The Balaban J connectivity index is 1.54. The number of anilines is 2. The van der Waals surface area contributed by atoms with Crippen LogP contribution in [-0.2, 0) is 17.8 Å². The first-order valence-corrected chi connectivity index (χ1v) is 8.64. The van der Waals surface area contributed by atoms with Crippen LogP contribution in [0.3, 0.4) is 0 Å². The zero-order valence-electron chi connectivity index (χ0n) is 14.4. The minimum absolute atomic E-state index is 0.123. The molecule has 132 valence electrons. The maximum absolute atomic E-state index is 12.1. The van der Waals surface area contributed by atoms with Gasteiger partial charge in [0.1, 0.15) is 5.82 Å². The van der Waals surface area contributed by atoms with E-state index in [1.807, 2.05) is 55.5 Å². The van der Waals surface area contributed by atoms with Gasteiger partial charge in [0.25, 0.3) is 0 Å². The number of halogens is 1. The monoisotopic (exact) mass is 366 g/mol. The maximum atomic E-state index is 12.1. The van der Waals surface area contributed by atoms with Gasteiger partial charge in [-0.05, 0) is 36.2 Å². The quantitative estimate of drug-likeness (QED) is 0.685. The first-order valence-electron chi connectivity index (χ1n) is 8.26. The number of benzene rings is 2. The van der Waals surface area contributed by atoms with Crippen LogP contribution in [0.5, 0.6) is 0 Å². The van der Waals surface area contributed by atoms with Crippen molar-refractivity contribution in [3.8, 4) is 0 Å². The van der Waals surface area contributed by atoms with Crippen molar-refractivity contribution in [1.29, 1.82) is 0 Å². The fourth-order valence-electron chi connectivity index (χ4n) is 2.52. The van der Waals surface area contributed by atoms with Gasteiger partial charge in [-0.25, -0.2) is 0 Å². The molecule has 5 nitrogen and oxygen atoms in total. The second kappa shape index (κ2) is 8.45. The van der Waals surface area contributed by atoms with Crippen LogP contribution in [0.15, 0.2) is 60.7 Å². The second-order valence-electron chi connectivity index (χ2n) is 5.96. The molecule has 0 saturated carbocycles. The summed E-state index contributed by atoms with van der Waals surface area (Å²) in [5, 5.41) is 14.7. The van der Waals surface area contributed by atoms with Crippen molar-refractivity contribution < 1.29 is 4.79 Å². The summed E-state index contributed by atoms with van der Waals surface area (Å²) in [5.41, 5.74) is 3.07. The average Bonchev–Trinajstić information content (AvgIpc) is 2.62. The number of carbonyl (C=O) groups excluding carboxylic acids is 1. The molecular formula is C20H19ClN4O.